The van der Waals surface area contributed by atoms with Crippen molar-refractivity contribution in [1.82, 2.24) is 15.1 Å². The van der Waals surface area contributed by atoms with Crippen molar-refractivity contribution in [2.24, 2.45) is 5.73 Å². The largest absolute Gasteiger partial charge is 0.481 e. The molecule has 0 radical (unpaired) electrons. The summed E-state index contributed by atoms with van der Waals surface area (Å²) in [5, 5.41) is 4.01. The predicted octanol–water partition coefficient (Wildman–Crippen LogP) is 1.05. The molecule has 0 amide bonds. The van der Waals surface area contributed by atoms with Gasteiger partial charge in [-0.25, -0.2) is 4.98 Å². The molecular weight excluding hydrogens is 244 g/mol. The molecule has 2 aromatic heterocycles. The molecule has 1 fully saturated rings. The Morgan fingerprint density at radius 1 is 1.42 bits per heavy atom. The highest BCUT2D eigenvalue weighted by Gasteiger charge is 2.48. The van der Waals surface area contributed by atoms with E-state index >= 15 is 0 Å². The smallest absolute Gasteiger partial charge is 0.234 e. The number of hydrogen-bond acceptors (Lipinski definition) is 6. The predicted molar refractivity (Wildman–Crippen MR) is 67.9 cm³/mol. The summed E-state index contributed by atoms with van der Waals surface area (Å²) >= 11 is 0. The number of hydrogen-bond donors (Lipinski definition) is 1. The average molecular weight is 260 g/mol. The van der Waals surface area contributed by atoms with Gasteiger partial charge in [-0.1, -0.05) is 11.2 Å². The second-order valence-electron chi connectivity index (χ2n) is 4.89. The monoisotopic (exact) mass is 260 g/mol. The minimum absolute atomic E-state index is 0.0522. The lowest BCUT2D eigenvalue weighted by Crippen LogP contribution is -2.20. The molecule has 6 nitrogen and oxygen atoms in total. The summed E-state index contributed by atoms with van der Waals surface area (Å²) in [5.74, 6) is 1.94. The number of ether oxygens (including phenoxy) is 1. The van der Waals surface area contributed by atoms with Crippen LogP contribution < -0.4 is 10.5 Å². The lowest BCUT2D eigenvalue weighted by atomic mass is 10.1. The summed E-state index contributed by atoms with van der Waals surface area (Å²) in [6.45, 7) is 0.568. The molecule has 1 aliphatic carbocycles. The van der Waals surface area contributed by atoms with Crippen LogP contribution in [-0.2, 0) is 11.8 Å². The van der Waals surface area contributed by atoms with Crippen LogP contribution in [0.5, 0.6) is 5.88 Å². The first kappa shape index (κ1) is 12.1. The number of nitrogens with two attached hydrogens (primary N) is 1. The van der Waals surface area contributed by atoms with Crippen molar-refractivity contribution < 1.29 is 9.26 Å². The van der Waals surface area contributed by atoms with Gasteiger partial charge in [0.05, 0.1) is 12.5 Å². The fraction of sp³-hybridized carbons (Fsp3) is 0.462. The normalized spacial score (nSPS) is 16.3. The molecule has 0 spiro atoms. The van der Waals surface area contributed by atoms with E-state index in [1.165, 1.54) is 0 Å². The van der Waals surface area contributed by atoms with Gasteiger partial charge in [0, 0.05) is 25.2 Å². The van der Waals surface area contributed by atoms with Crippen molar-refractivity contribution >= 4 is 0 Å². The second kappa shape index (κ2) is 4.62. The van der Waals surface area contributed by atoms with Crippen LogP contribution in [-0.4, -0.2) is 28.8 Å². The van der Waals surface area contributed by atoms with Gasteiger partial charge in [0.25, 0.3) is 0 Å². The van der Waals surface area contributed by atoms with Crippen LogP contribution >= 0.6 is 0 Å². The van der Waals surface area contributed by atoms with Crippen molar-refractivity contribution in [2.75, 3.05) is 13.7 Å². The first-order chi connectivity index (χ1) is 9.25. The molecule has 2 heterocycles. The summed E-state index contributed by atoms with van der Waals surface area (Å²) in [6, 6.07) is 3.76. The van der Waals surface area contributed by atoms with Gasteiger partial charge in [-0.15, -0.1) is 0 Å². The van der Waals surface area contributed by atoms with Gasteiger partial charge in [-0.3, -0.25) is 0 Å². The summed E-state index contributed by atoms with van der Waals surface area (Å²) in [6.07, 6.45) is 4.43. The fourth-order valence-corrected chi connectivity index (χ4v) is 2.02. The van der Waals surface area contributed by atoms with E-state index in [4.69, 9.17) is 15.0 Å². The zero-order valence-corrected chi connectivity index (χ0v) is 10.8. The molecule has 0 aliphatic heterocycles. The van der Waals surface area contributed by atoms with Crippen molar-refractivity contribution in [3.8, 4) is 5.88 Å². The van der Waals surface area contributed by atoms with E-state index in [1.807, 2.05) is 12.1 Å². The third-order valence-electron chi connectivity index (χ3n) is 3.54. The third kappa shape index (κ3) is 2.31. The first-order valence-corrected chi connectivity index (χ1v) is 6.28. The SMILES string of the molecule is COc1ccc(Cc2noc(C3(CN)CC3)n2)cn1. The van der Waals surface area contributed by atoms with Crippen LogP contribution in [0.4, 0.5) is 0 Å². The Labute approximate surface area is 111 Å². The van der Waals surface area contributed by atoms with Crippen molar-refractivity contribution in [3.63, 3.8) is 0 Å². The van der Waals surface area contributed by atoms with E-state index in [0.717, 1.165) is 18.4 Å². The van der Waals surface area contributed by atoms with Crippen LogP contribution in [0, 0.1) is 0 Å². The maximum atomic E-state index is 5.74. The molecule has 0 aromatic carbocycles. The summed E-state index contributed by atoms with van der Waals surface area (Å²) in [5.41, 5.74) is 6.71. The molecule has 19 heavy (non-hydrogen) atoms. The van der Waals surface area contributed by atoms with Crippen LogP contribution in [0.2, 0.25) is 0 Å². The molecule has 1 aliphatic rings. The Balaban J connectivity index is 1.73. The van der Waals surface area contributed by atoms with Gasteiger partial charge in [-0.05, 0) is 18.4 Å². The molecule has 0 saturated heterocycles. The molecule has 100 valence electrons. The van der Waals surface area contributed by atoms with Gasteiger partial charge >= 0.3 is 0 Å². The maximum absolute atomic E-state index is 5.74. The van der Waals surface area contributed by atoms with Crippen LogP contribution in [0.1, 0.15) is 30.1 Å². The first-order valence-electron chi connectivity index (χ1n) is 6.28. The van der Waals surface area contributed by atoms with Gasteiger partial charge in [-0.2, -0.15) is 4.98 Å². The number of nitrogens with zero attached hydrogens (tertiary/aromatic N) is 3. The summed E-state index contributed by atoms with van der Waals surface area (Å²) in [4.78, 5) is 8.59. The molecular formula is C13H16N4O2. The van der Waals surface area contributed by atoms with Crippen molar-refractivity contribution in [3.05, 3.63) is 35.6 Å². The quantitative estimate of drug-likeness (QED) is 0.864. The highest BCUT2D eigenvalue weighted by Crippen LogP contribution is 2.46. The van der Waals surface area contributed by atoms with Gasteiger partial charge < -0.3 is 15.0 Å². The third-order valence-corrected chi connectivity index (χ3v) is 3.54. The van der Waals surface area contributed by atoms with Gasteiger partial charge in [0.2, 0.25) is 11.8 Å². The van der Waals surface area contributed by atoms with E-state index in [-0.39, 0.29) is 5.41 Å². The van der Waals surface area contributed by atoms with Gasteiger partial charge in [0.1, 0.15) is 0 Å². The van der Waals surface area contributed by atoms with E-state index in [2.05, 4.69) is 15.1 Å². The minimum atomic E-state index is -0.0522. The Kier molecular flexibility index (Phi) is 2.94. The summed E-state index contributed by atoms with van der Waals surface area (Å²) in [7, 11) is 1.59. The topological polar surface area (TPSA) is 87.1 Å². The molecule has 6 heteroatoms. The van der Waals surface area contributed by atoms with Crippen LogP contribution in [0.25, 0.3) is 0 Å². The Morgan fingerprint density at radius 3 is 2.84 bits per heavy atom. The lowest BCUT2D eigenvalue weighted by molar-refractivity contribution is 0.344. The van der Waals surface area contributed by atoms with E-state index < -0.39 is 0 Å². The molecule has 3 rings (SSSR count). The van der Waals surface area contributed by atoms with Crippen molar-refractivity contribution in [1.29, 1.82) is 0 Å². The van der Waals surface area contributed by atoms with Crippen molar-refractivity contribution in [2.45, 2.75) is 24.7 Å². The Hall–Kier alpha value is -1.95. The van der Waals surface area contributed by atoms with Crippen LogP contribution in [0.15, 0.2) is 22.9 Å². The van der Waals surface area contributed by atoms with E-state index in [9.17, 15) is 0 Å². The Bertz CT molecular complexity index is 560. The number of pyridine rings is 1. The van der Waals surface area contributed by atoms with E-state index in [0.29, 0.717) is 30.6 Å². The fourth-order valence-electron chi connectivity index (χ4n) is 2.02. The molecule has 0 unspecified atom stereocenters. The summed E-state index contributed by atoms with van der Waals surface area (Å²) < 4.78 is 10.3. The molecule has 2 N–H and O–H groups in total. The number of aromatic nitrogens is 3. The zero-order valence-electron chi connectivity index (χ0n) is 10.8. The highest BCUT2D eigenvalue weighted by molar-refractivity contribution is 5.22. The number of methoxy groups -OCH3 is 1. The molecule has 0 bridgehead atoms. The van der Waals surface area contributed by atoms with Gasteiger partial charge in [0.15, 0.2) is 5.82 Å². The minimum Gasteiger partial charge on any atom is -0.481 e. The second-order valence-corrected chi connectivity index (χ2v) is 4.89. The maximum Gasteiger partial charge on any atom is 0.234 e. The lowest BCUT2D eigenvalue weighted by Gasteiger charge is -2.03. The van der Waals surface area contributed by atoms with E-state index in [1.54, 1.807) is 13.3 Å². The molecule has 0 atom stereocenters. The average Bonchev–Trinajstić information content (AvgIpc) is 3.13. The Morgan fingerprint density at radius 2 is 2.26 bits per heavy atom. The number of rotatable bonds is 5. The zero-order chi connectivity index (χ0) is 13.3. The standard InChI is InChI=1S/C13H16N4O2/c1-18-11-3-2-9(7-15-11)6-10-16-12(19-17-10)13(8-14)4-5-13/h2-3,7H,4-6,8,14H2,1H3. The highest BCUT2D eigenvalue weighted by atomic mass is 16.5. The molecule has 2 aromatic rings. The molecule has 1 saturated carbocycles. The van der Waals surface area contributed by atoms with Crippen LogP contribution in [0.3, 0.4) is 0 Å².